The molecule has 8 nitrogen and oxygen atoms in total. The van der Waals surface area contributed by atoms with Crippen LogP contribution in [0.25, 0.3) is 0 Å². The number of rotatable bonds is 7. The number of aliphatic hydroxyl groups is 1. The fraction of sp³-hybridized carbons (Fsp3) is 0.583. The second-order valence-electron chi connectivity index (χ2n) is 4.60. The number of amides is 1. The van der Waals surface area contributed by atoms with Gasteiger partial charge in [0.15, 0.2) is 0 Å². The Morgan fingerprint density at radius 1 is 1.65 bits per heavy atom. The smallest absolute Gasteiger partial charge is 0.231 e. The minimum absolute atomic E-state index is 0.00468. The van der Waals surface area contributed by atoms with Crippen molar-refractivity contribution in [3.05, 3.63) is 12.3 Å². The summed E-state index contributed by atoms with van der Waals surface area (Å²) in [5.41, 5.74) is 5.17. The molecule has 1 unspecified atom stereocenters. The summed E-state index contributed by atoms with van der Waals surface area (Å²) in [6.07, 6.45) is 2.42. The van der Waals surface area contributed by atoms with Gasteiger partial charge in [0, 0.05) is 31.9 Å². The lowest BCUT2D eigenvalue weighted by Crippen LogP contribution is -2.33. The number of carbonyl (C=O) groups excluding carboxylic acids is 1. The van der Waals surface area contributed by atoms with Gasteiger partial charge in [-0.05, 0) is 6.42 Å². The first-order valence-corrected chi connectivity index (χ1v) is 6.52. The molecule has 1 aromatic rings. The van der Waals surface area contributed by atoms with Crippen molar-refractivity contribution in [3.63, 3.8) is 0 Å². The number of carbonyl (C=O) groups is 1. The van der Waals surface area contributed by atoms with Gasteiger partial charge in [-0.15, -0.1) is 0 Å². The van der Waals surface area contributed by atoms with Crippen molar-refractivity contribution in [2.45, 2.75) is 12.5 Å². The molecule has 110 valence electrons. The van der Waals surface area contributed by atoms with Crippen LogP contribution in [-0.4, -0.2) is 64.8 Å². The van der Waals surface area contributed by atoms with Crippen LogP contribution in [-0.2, 0) is 4.79 Å². The highest BCUT2D eigenvalue weighted by atomic mass is 16.5. The summed E-state index contributed by atoms with van der Waals surface area (Å²) in [5.74, 6) is 0.568. The van der Waals surface area contributed by atoms with Gasteiger partial charge in [-0.25, -0.2) is 4.98 Å². The highest BCUT2D eigenvalue weighted by Crippen LogP contribution is 2.16. The molecule has 20 heavy (non-hydrogen) atoms. The van der Waals surface area contributed by atoms with E-state index in [2.05, 4.69) is 15.3 Å². The first-order chi connectivity index (χ1) is 9.67. The molecule has 2 heterocycles. The van der Waals surface area contributed by atoms with Gasteiger partial charge >= 0.3 is 0 Å². The molecule has 2 rings (SSSR count). The van der Waals surface area contributed by atoms with Crippen LogP contribution in [0.4, 0.5) is 5.95 Å². The maximum absolute atomic E-state index is 10.9. The molecule has 1 aliphatic rings. The number of aliphatic hydroxyl groups excluding tert-OH is 1. The molecule has 1 atom stereocenters. The van der Waals surface area contributed by atoms with E-state index in [4.69, 9.17) is 15.6 Å². The third-order valence-corrected chi connectivity index (χ3v) is 2.92. The van der Waals surface area contributed by atoms with Gasteiger partial charge in [0.1, 0.15) is 6.10 Å². The van der Waals surface area contributed by atoms with Gasteiger partial charge in [-0.3, -0.25) is 9.69 Å². The monoisotopic (exact) mass is 281 g/mol. The zero-order valence-electron chi connectivity index (χ0n) is 11.2. The summed E-state index contributed by atoms with van der Waals surface area (Å²) in [4.78, 5) is 21.0. The maximum atomic E-state index is 10.9. The maximum Gasteiger partial charge on any atom is 0.231 e. The minimum atomic E-state index is -0.330. The summed E-state index contributed by atoms with van der Waals surface area (Å²) in [6, 6.07) is 1.68. The second-order valence-corrected chi connectivity index (χ2v) is 4.60. The molecule has 1 saturated heterocycles. The molecule has 0 bridgehead atoms. The molecule has 4 N–H and O–H groups in total. The molecule has 1 amide bonds. The third-order valence-electron chi connectivity index (χ3n) is 2.92. The van der Waals surface area contributed by atoms with E-state index in [-0.39, 0.29) is 25.2 Å². The van der Waals surface area contributed by atoms with Gasteiger partial charge in [-0.1, -0.05) is 0 Å². The first kappa shape index (κ1) is 14.5. The van der Waals surface area contributed by atoms with Crippen LogP contribution in [0.2, 0.25) is 0 Å². The van der Waals surface area contributed by atoms with Gasteiger partial charge in [-0.2, -0.15) is 4.98 Å². The van der Waals surface area contributed by atoms with Crippen molar-refractivity contribution in [2.24, 2.45) is 5.73 Å². The van der Waals surface area contributed by atoms with E-state index >= 15 is 0 Å². The molecule has 0 saturated carbocycles. The lowest BCUT2D eigenvalue weighted by Gasteiger charge is -2.15. The average Bonchev–Trinajstić information content (AvgIpc) is 2.83. The minimum Gasteiger partial charge on any atom is -0.473 e. The normalized spacial score (nSPS) is 18.9. The molecule has 1 aliphatic heterocycles. The lowest BCUT2D eigenvalue weighted by atomic mass is 10.3. The Bertz CT molecular complexity index is 456. The number of nitrogens with zero attached hydrogens (tertiary/aromatic N) is 3. The van der Waals surface area contributed by atoms with E-state index in [0.29, 0.717) is 24.9 Å². The fourth-order valence-corrected chi connectivity index (χ4v) is 2.09. The summed E-state index contributed by atoms with van der Waals surface area (Å²) in [6.45, 7) is 2.10. The molecule has 8 heteroatoms. The van der Waals surface area contributed by atoms with Crippen molar-refractivity contribution in [3.8, 4) is 5.88 Å². The largest absolute Gasteiger partial charge is 0.473 e. The number of hydrogen-bond donors (Lipinski definition) is 3. The van der Waals surface area contributed by atoms with Crippen LogP contribution in [0.5, 0.6) is 5.88 Å². The van der Waals surface area contributed by atoms with Crippen molar-refractivity contribution >= 4 is 11.9 Å². The molecular weight excluding hydrogens is 262 g/mol. The molecule has 1 fully saturated rings. The zero-order valence-corrected chi connectivity index (χ0v) is 11.2. The molecule has 1 aromatic heterocycles. The van der Waals surface area contributed by atoms with Crippen LogP contribution in [0.3, 0.4) is 0 Å². The Hall–Kier alpha value is -1.93. The Morgan fingerprint density at radius 2 is 2.50 bits per heavy atom. The van der Waals surface area contributed by atoms with E-state index in [9.17, 15) is 4.79 Å². The van der Waals surface area contributed by atoms with Crippen LogP contribution < -0.4 is 15.8 Å². The van der Waals surface area contributed by atoms with E-state index < -0.39 is 0 Å². The summed E-state index contributed by atoms with van der Waals surface area (Å²) in [5, 5.41) is 11.6. The summed E-state index contributed by atoms with van der Waals surface area (Å²) in [7, 11) is 0. The van der Waals surface area contributed by atoms with Crippen LogP contribution in [0.15, 0.2) is 12.3 Å². The first-order valence-electron chi connectivity index (χ1n) is 6.52. The number of hydrogen-bond acceptors (Lipinski definition) is 7. The van der Waals surface area contributed by atoms with Crippen LogP contribution in [0.1, 0.15) is 6.42 Å². The molecule has 0 spiro atoms. The predicted octanol–water partition coefficient (Wildman–Crippen LogP) is -1.18. The number of nitrogens with two attached hydrogens (primary N) is 1. The molecular formula is C12H19N5O3. The van der Waals surface area contributed by atoms with Gasteiger partial charge in [0.25, 0.3) is 0 Å². The number of primary amides is 1. The number of aromatic nitrogens is 2. The van der Waals surface area contributed by atoms with Gasteiger partial charge in [0.2, 0.25) is 17.7 Å². The van der Waals surface area contributed by atoms with Crippen molar-refractivity contribution < 1.29 is 14.6 Å². The fourth-order valence-electron chi connectivity index (χ4n) is 2.09. The van der Waals surface area contributed by atoms with Crippen LogP contribution >= 0.6 is 0 Å². The van der Waals surface area contributed by atoms with E-state index in [0.717, 1.165) is 13.0 Å². The number of anilines is 1. The van der Waals surface area contributed by atoms with E-state index in [1.807, 2.05) is 4.90 Å². The Kier molecular flexibility index (Phi) is 5.08. The SMILES string of the molecule is NC(=O)CN1CCC(Oc2ccnc(NCCO)n2)C1. The van der Waals surface area contributed by atoms with Gasteiger partial charge < -0.3 is 20.9 Å². The van der Waals surface area contributed by atoms with Gasteiger partial charge in [0.05, 0.1) is 13.2 Å². The quantitative estimate of drug-likeness (QED) is 0.576. The molecule has 0 aromatic carbocycles. The summed E-state index contributed by atoms with van der Waals surface area (Å²) >= 11 is 0. The number of likely N-dealkylation sites (tertiary alicyclic amines) is 1. The Labute approximate surface area is 117 Å². The molecule has 0 radical (unpaired) electrons. The van der Waals surface area contributed by atoms with E-state index in [1.54, 1.807) is 12.3 Å². The Balaban J connectivity index is 1.86. The standard InChI is InChI=1S/C12H19N5O3/c13-10(19)8-17-5-2-9(7-17)20-11-1-3-14-12(16-11)15-4-6-18/h1,3,9,18H,2,4-8H2,(H2,13,19)(H,14,15,16). The third kappa shape index (κ3) is 4.32. The van der Waals surface area contributed by atoms with Crippen molar-refractivity contribution in [1.82, 2.24) is 14.9 Å². The average molecular weight is 281 g/mol. The lowest BCUT2D eigenvalue weighted by molar-refractivity contribution is -0.118. The van der Waals surface area contributed by atoms with Crippen molar-refractivity contribution in [2.75, 3.05) is 38.1 Å². The van der Waals surface area contributed by atoms with E-state index in [1.165, 1.54) is 0 Å². The van der Waals surface area contributed by atoms with Crippen molar-refractivity contribution in [1.29, 1.82) is 0 Å². The number of ether oxygens (including phenoxy) is 1. The Morgan fingerprint density at radius 3 is 3.25 bits per heavy atom. The molecule has 0 aliphatic carbocycles. The second kappa shape index (κ2) is 7.01. The summed E-state index contributed by atoms with van der Waals surface area (Å²) < 4.78 is 5.76. The van der Waals surface area contributed by atoms with Crippen LogP contribution in [0, 0.1) is 0 Å². The number of nitrogens with one attached hydrogen (secondary N) is 1. The predicted molar refractivity (Wildman–Crippen MR) is 72.3 cm³/mol. The highest BCUT2D eigenvalue weighted by Gasteiger charge is 2.25. The topological polar surface area (TPSA) is 114 Å². The highest BCUT2D eigenvalue weighted by molar-refractivity contribution is 5.75. The zero-order chi connectivity index (χ0) is 14.4.